The third-order valence-corrected chi connectivity index (χ3v) is 4.63. The molecule has 6 nitrogen and oxygen atoms in total. The third kappa shape index (κ3) is 3.26. The van der Waals surface area contributed by atoms with Gasteiger partial charge in [-0.1, -0.05) is 15.9 Å². The number of aromatic amines is 2. The van der Waals surface area contributed by atoms with Gasteiger partial charge in [0.2, 0.25) is 0 Å². The number of carbonyl (C=O) groups excluding carboxylic acids is 2. The van der Waals surface area contributed by atoms with Gasteiger partial charge in [-0.05, 0) is 36.4 Å². The zero-order chi connectivity index (χ0) is 19.0. The Labute approximate surface area is 160 Å². The Kier molecular flexibility index (Phi) is 4.33. The van der Waals surface area contributed by atoms with Gasteiger partial charge >= 0.3 is 5.91 Å². The van der Waals surface area contributed by atoms with Crippen LogP contribution < -0.4 is 5.43 Å². The van der Waals surface area contributed by atoms with Gasteiger partial charge in [-0.3, -0.25) is 9.59 Å². The molecule has 1 amide bonds. The van der Waals surface area contributed by atoms with E-state index in [1.807, 2.05) is 12.1 Å². The number of nitrogens with zero attached hydrogens (tertiary/aromatic N) is 1. The number of Topliss-reactive ketones (excluding diaryl/α,β-unsaturated/α-hetero) is 1. The van der Waals surface area contributed by atoms with Crippen LogP contribution in [-0.2, 0) is 4.79 Å². The summed E-state index contributed by atoms with van der Waals surface area (Å²) in [5.41, 5.74) is 4.53. The van der Waals surface area contributed by atoms with E-state index in [9.17, 15) is 14.0 Å². The average molecular weight is 427 g/mol. The number of H-pyrrole nitrogens is 2. The summed E-state index contributed by atoms with van der Waals surface area (Å²) < 4.78 is 14.0. The number of rotatable bonds is 4. The molecule has 27 heavy (non-hydrogen) atoms. The second-order valence-corrected chi connectivity index (χ2v) is 6.77. The Morgan fingerprint density at radius 2 is 1.85 bits per heavy atom. The van der Waals surface area contributed by atoms with Crippen molar-refractivity contribution in [1.29, 1.82) is 0 Å². The molecule has 3 N–H and O–H groups in total. The molecular formula is C19H12BrFN4O2. The van der Waals surface area contributed by atoms with Crippen LogP contribution in [0.3, 0.4) is 0 Å². The topological polar surface area (TPSA) is 90.1 Å². The second kappa shape index (κ2) is 6.81. The summed E-state index contributed by atoms with van der Waals surface area (Å²) in [5.74, 6) is -1.90. The number of ketones is 1. The van der Waals surface area contributed by atoms with E-state index in [0.717, 1.165) is 15.4 Å². The van der Waals surface area contributed by atoms with Crippen molar-refractivity contribution in [2.24, 2.45) is 5.10 Å². The summed E-state index contributed by atoms with van der Waals surface area (Å²) >= 11 is 3.35. The predicted molar refractivity (Wildman–Crippen MR) is 104 cm³/mol. The van der Waals surface area contributed by atoms with E-state index in [2.05, 4.69) is 36.4 Å². The Morgan fingerprint density at radius 1 is 1.04 bits per heavy atom. The summed E-state index contributed by atoms with van der Waals surface area (Å²) in [6.45, 7) is 0. The van der Waals surface area contributed by atoms with Crippen LogP contribution in [0.15, 0.2) is 58.4 Å². The Balaban J connectivity index is 1.52. The summed E-state index contributed by atoms with van der Waals surface area (Å²) in [5, 5.41) is 5.23. The minimum Gasteiger partial charge on any atom is -0.360 e. The minimum absolute atomic E-state index is 0.265. The molecule has 0 spiro atoms. The monoisotopic (exact) mass is 426 g/mol. The van der Waals surface area contributed by atoms with Crippen LogP contribution in [0.1, 0.15) is 15.9 Å². The molecule has 0 saturated heterocycles. The molecule has 0 saturated carbocycles. The van der Waals surface area contributed by atoms with Crippen molar-refractivity contribution in [3.05, 3.63) is 70.2 Å². The maximum Gasteiger partial charge on any atom is 0.312 e. The lowest BCUT2D eigenvalue weighted by molar-refractivity contribution is -0.116. The maximum absolute atomic E-state index is 13.2. The van der Waals surface area contributed by atoms with Crippen molar-refractivity contribution in [2.45, 2.75) is 0 Å². The number of amides is 1. The molecule has 8 heteroatoms. The number of halogens is 2. The standard InChI is InChI=1S/C19H12BrFN4O2/c20-11-1-4-16-14(5-11)15(9-23-16)18(26)19(27)25-24-8-10-7-22-17-6-12(21)2-3-13(10)17/h1-9,22-23H,(H,25,27)/b24-8+. The van der Waals surface area contributed by atoms with E-state index in [0.29, 0.717) is 16.5 Å². The first kappa shape index (κ1) is 17.2. The van der Waals surface area contributed by atoms with Crippen molar-refractivity contribution in [2.75, 3.05) is 0 Å². The summed E-state index contributed by atoms with van der Waals surface area (Å²) in [6.07, 6.45) is 4.53. The molecule has 0 bridgehead atoms. The van der Waals surface area contributed by atoms with Crippen molar-refractivity contribution in [1.82, 2.24) is 15.4 Å². The first-order chi connectivity index (χ1) is 13.0. The van der Waals surface area contributed by atoms with Crippen LogP contribution in [0.2, 0.25) is 0 Å². The molecule has 0 radical (unpaired) electrons. The van der Waals surface area contributed by atoms with Crippen molar-refractivity contribution < 1.29 is 14.0 Å². The molecule has 0 fully saturated rings. The highest BCUT2D eigenvalue weighted by Crippen LogP contribution is 2.23. The summed E-state index contributed by atoms with van der Waals surface area (Å²) in [7, 11) is 0. The molecule has 0 aliphatic heterocycles. The highest BCUT2D eigenvalue weighted by atomic mass is 79.9. The van der Waals surface area contributed by atoms with Gasteiger partial charge in [0, 0.05) is 44.2 Å². The number of hydrazone groups is 1. The number of hydrogen-bond donors (Lipinski definition) is 3. The number of benzene rings is 2. The number of aromatic nitrogens is 2. The van der Waals surface area contributed by atoms with Gasteiger partial charge in [-0.15, -0.1) is 0 Å². The fourth-order valence-corrected chi connectivity index (χ4v) is 3.20. The Bertz CT molecular complexity index is 1230. The van der Waals surface area contributed by atoms with Crippen molar-refractivity contribution in [3.63, 3.8) is 0 Å². The fourth-order valence-electron chi connectivity index (χ4n) is 2.84. The van der Waals surface area contributed by atoms with Crippen LogP contribution >= 0.6 is 15.9 Å². The highest BCUT2D eigenvalue weighted by Gasteiger charge is 2.19. The normalized spacial score (nSPS) is 11.5. The molecular weight excluding hydrogens is 415 g/mol. The molecule has 0 aliphatic rings. The van der Waals surface area contributed by atoms with Gasteiger partial charge in [0.15, 0.2) is 0 Å². The molecule has 4 aromatic rings. The SMILES string of the molecule is O=C(N/N=C/c1c[nH]c2cc(F)ccc12)C(=O)c1c[nH]c2ccc(Br)cc12. The van der Waals surface area contributed by atoms with E-state index in [1.54, 1.807) is 18.3 Å². The smallest absolute Gasteiger partial charge is 0.312 e. The third-order valence-electron chi connectivity index (χ3n) is 4.14. The number of fused-ring (bicyclic) bond motifs is 2. The molecule has 0 aliphatic carbocycles. The zero-order valence-electron chi connectivity index (χ0n) is 13.7. The molecule has 2 aromatic carbocycles. The highest BCUT2D eigenvalue weighted by molar-refractivity contribution is 9.10. The van der Waals surface area contributed by atoms with Crippen LogP contribution in [0.25, 0.3) is 21.8 Å². The van der Waals surface area contributed by atoms with E-state index >= 15 is 0 Å². The van der Waals surface area contributed by atoms with Gasteiger partial charge in [0.1, 0.15) is 5.82 Å². The number of carbonyl (C=O) groups is 2. The fraction of sp³-hybridized carbons (Fsp3) is 0. The molecule has 2 heterocycles. The van der Waals surface area contributed by atoms with Crippen LogP contribution in [0, 0.1) is 5.82 Å². The second-order valence-electron chi connectivity index (χ2n) is 5.85. The van der Waals surface area contributed by atoms with Crippen LogP contribution in [0.4, 0.5) is 4.39 Å². The van der Waals surface area contributed by atoms with E-state index < -0.39 is 11.7 Å². The summed E-state index contributed by atoms with van der Waals surface area (Å²) in [4.78, 5) is 30.4. The minimum atomic E-state index is -0.849. The van der Waals surface area contributed by atoms with E-state index in [-0.39, 0.29) is 11.4 Å². The van der Waals surface area contributed by atoms with Gasteiger partial charge in [0.05, 0.1) is 11.8 Å². The summed E-state index contributed by atoms with van der Waals surface area (Å²) in [6, 6.07) is 9.73. The van der Waals surface area contributed by atoms with Crippen LogP contribution in [-0.4, -0.2) is 27.9 Å². The number of nitrogens with one attached hydrogen (secondary N) is 3. The molecule has 4 rings (SSSR count). The van der Waals surface area contributed by atoms with Crippen LogP contribution in [0.5, 0.6) is 0 Å². The van der Waals surface area contributed by atoms with E-state index in [1.165, 1.54) is 24.5 Å². The average Bonchev–Trinajstić information content (AvgIpc) is 3.24. The van der Waals surface area contributed by atoms with Gasteiger partial charge in [0.25, 0.3) is 5.78 Å². The lowest BCUT2D eigenvalue weighted by Crippen LogP contribution is -2.27. The van der Waals surface area contributed by atoms with Gasteiger partial charge < -0.3 is 9.97 Å². The van der Waals surface area contributed by atoms with E-state index in [4.69, 9.17) is 0 Å². The first-order valence-corrected chi connectivity index (χ1v) is 8.73. The number of hydrogen-bond acceptors (Lipinski definition) is 3. The lowest BCUT2D eigenvalue weighted by Gasteiger charge is -1.99. The predicted octanol–water partition coefficient (Wildman–Crippen LogP) is 3.88. The molecule has 134 valence electrons. The molecule has 2 aromatic heterocycles. The zero-order valence-corrected chi connectivity index (χ0v) is 15.3. The van der Waals surface area contributed by atoms with Gasteiger partial charge in [-0.25, -0.2) is 9.82 Å². The Morgan fingerprint density at radius 3 is 2.70 bits per heavy atom. The molecule has 0 atom stereocenters. The maximum atomic E-state index is 13.2. The van der Waals surface area contributed by atoms with Crippen molar-refractivity contribution in [3.8, 4) is 0 Å². The first-order valence-electron chi connectivity index (χ1n) is 7.94. The molecule has 0 unspecified atom stereocenters. The quantitative estimate of drug-likeness (QED) is 0.200. The lowest BCUT2D eigenvalue weighted by atomic mass is 10.1. The Hall–Kier alpha value is -3.26. The largest absolute Gasteiger partial charge is 0.360 e. The van der Waals surface area contributed by atoms with Gasteiger partial charge in [-0.2, -0.15) is 5.10 Å². The van der Waals surface area contributed by atoms with Crippen molar-refractivity contribution >= 4 is 55.6 Å².